The number of benzene rings is 2. The number of nitrogens with zero attached hydrogens (tertiary/aromatic N) is 6. The molecule has 2 aliphatic heterocycles. The first-order valence-electron chi connectivity index (χ1n) is 22.9. The Hall–Kier alpha value is -5.41. The molecule has 17 nitrogen and oxygen atoms in total. The molecule has 4 N–H and O–H groups in total. The number of fused-ring (bicyclic) bond motifs is 3. The van der Waals surface area contributed by atoms with Crippen LogP contribution in [0.3, 0.4) is 0 Å². The number of carbonyl (C=O) groups excluding carboxylic acids is 4. The van der Waals surface area contributed by atoms with Gasteiger partial charge in [-0.25, -0.2) is 4.98 Å². The summed E-state index contributed by atoms with van der Waals surface area (Å²) in [6.07, 6.45) is -0.737. The maximum atomic E-state index is 14.0. The monoisotopic (exact) mass is 1000 g/mol. The van der Waals surface area contributed by atoms with Gasteiger partial charge in [0.15, 0.2) is 5.82 Å². The number of aliphatic hydroxyl groups excluding tert-OH is 1. The van der Waals surface area contributed by atoms with Crippen LogP contribution in [0.15, 0.2) is 59.0 Å². The number of aliphatic imine (C=N–C) groups is 1. The van der Waals surface area contributed by atoms with Gasteiger partial charge < -0.3 is 40.2 Å². The van der Waals surface area contributed by atoms with E-state index in [4.69, 9.17) is 30.8 Å². The first-order valence-corrected chi connectivity index (χ1v) is 25.0. The van der Waals surface area contributed by atoms with Crippen molar-refractivity contribution in [1.82, 2.24) is 40.6 Å². The summed E-state index contributed by atoms with van der Waals surface area (Å²) in [6, 6.07) is 12.9. The van der Waals surface area contributed by atoms with Crippen LogP contribution < -0.4 is 16.0 Å². The van der Waals surface area contributed by atoms with E-state index in [9.17, 15) is 24.3 Å². The molecule has 2 aromatic carbocycles. The first-order chi connectivity index (χ1) is 33.0. The largest absolute Gasteiger partial charge is 0.391 e. The van der Waals surface area contributed by atoms with Gasteiger partial charge in [-0.1, -0.05) is 68.8 Å². The third-order valence-corrected chi connectivity index (χ3v) is 14.4. The number of aryl methyl sites for hydroxylation is 3. The van der Waals surface area contributed by atoms with E-state index >= 15 is 0 Å². The molecule has 3 aromatic heterocycles. The molecule has 0 unspecified atom stereocenters. The number of likely N-dealkylation sites (tertiary alicyclic amines) is 1. The summed E-state index contributed by atoms with van der Waals surface area (Å²) in [5.41, 5.74) is 7.76. The van der Waals surface area contributed by atoms with Crippen LogP contribution in [0.25, 0.3) is 15.4 Å². The minimum absolute atomic E-state index is 0.0281. The van der Waals surface area contributed by atoms with E-state index in [0.717, 1.165) is 54.0 Å². The number of thiophene rings is 1. The van der Waals surface area contributed by atoms with Gasteiger partial charge in [-0.05, 0) is 61.9 Å². The van der Waals surface area contributed by atoms with Crippen molar-refractivity contribution < 1.29 is 38.5 Å². The molecule has 4 amide bonds. The molecule has 69 heavy (non-hydrogen) atoms. The molecule has 0 saturated carbocycles. The standard InChI is InChI=1S/C49H60ClN9O8S2/c1-28-30(3)69-48-41(28)42(33-12-14-35(50)15-13-33)54-37(45-57-56-31(4)59(45)48)23-39(61)51-16-17-65-18-19-66-20-21-67-26-40(62)55-44(49(5,6)7)47(64)58-25-36(60)22-38(58)46(63)52-24-32-8-10-34(11-9-32)43-29(2)53-27-68-43/h8-15,27,36-38,44,60H,16-26H2,1-7H3,(H,51,61)(H,52,63)(H,55,62)/t36-,37+,38-,44+/m0/s1. The summed E-state index contributed by atoms with van der Waals surface area (Å²) >= 11 is 9.45. The Labute approximate surface area is 415 Å². The van der Waals surface area contributed by atoms with Crippen molar-refractivity contribution in [2.75, 3.05) is 52.7 Å². The molecule has 0 bridgehead atoms. The average molecular weight is 1000 g/mol. The molecule has 1 saturated heterocycles. The number of amides is 4. The Morgan fingerprint density at radius 1 is 0.884 bits per heavy atom. The molecule has 2 aliphatic rings. The minimum Gasteiger partial charge on any atom is -0.391 e. The van der Waals surface area contributed by atoms with E-state index in [0.29, 0.717) is 16.7 Å². The smallest absolute Gasteiger partial charge is 0.246 e. The Bertz CT molecular complexity index is 2640. The van der Waals surface area contributed by atoms with Crippen molar-refractivity contribution in [3.05, 3.63) is 104 Å². The number of rotatable bonds is 20. The average Bonchev–Trinajstić information content (AvgIpc) is 4.08. The summed E-state index contributed by atoms with van der Waals surface area (Å²) in [5, 5.41) is 29.6. The summed E-state index contributed by atoms with van der Waals surface area (Å²) in [5.74, 6) is -0.231. The number of hydrogen-bond donors (Lipinski definition) is 4. The number of carbonyl (C=O) groups is 4. The highest BCUT2D eigenvalue weighted by atomic mass is 35.5. The number of β-amino-alcohol motifs (C(OH)–C–C–N with tert-alkyl or cyclic N) is 1. The van der Waals surface area contributed by atoms with Crippen LogP contribution in [0.1, 0.15) is 84.1 Å². The predicted molar refractivity (Wildman–Crippen MR) is 265 cm³/mol. The van der Waals surface area contributed by atoms with Crippen LogP contribution in [0, 0.1) is 33.1 Å². The number of aliphatic hydroxyl groups is 1. The molecule has 1 fully saturated rings. The minimum atomic E-state index is -0.984. The van der Waals surface area contributed by atoms with E-state index in [1.54, 1.807) is 22.7 Å². The van der Waals surface area contributed by atoms with Crippen LogP contribution >= 0.6 is 34.3 Å². The van der Waals surface area contributed by atoms with Crippen molar-refractivity contribution in [3.8, 4) is 15.4 Å². The van der Waals surface area contributed by atoms with Gasteiger partial charge in [0.2, 0.25) is 23.6 Å². The highest BCUT2D eigenvalue weighted by Crippen LogP contribution is 2.40. The van der Waals surface area contributed by atoms with Crippen molar-refractivity contribution in [2.45, 2.75) is 92.1 Å². The highest BCUT2D eigenvalue weighted by Gasteiger charge is 2.44. The van der Waals surface area contributed by atoms with Crippen LogP contribution in [0.4, 0.5) is 0 Å². The number of halogens is 1. The van der Waals surface area contributed by atoms with Gasteiger partial charge in [-0.3, -0.25) is 28.7 Å². The number of aromatic nitrogens is 4. The number of ether oxygens (including phenoxy) is 3. The number of thiazole rings is 1. The van der Waals surface area contributed by atoms with Gasteiger partial charge in [0, 0.05) is 47.1 Å². The molecule has 368 valence electrons. The van der Waals surface area contributed by atoms with Crippen LogP contribution in [-0.4, -0.2) is 130 Å². The third-order valence-electron chi connectivity index (χ3n) is 12.0. The van der Waals surface area contributed by atoms with Crippen molar-refractivity contribution >= 4 is 63.6 Å². The van der Waals surface area contributed by atoms with E-state index in [-0.39, 0.29) is 83.9 Å². The molecule has 5 aromatic rings. The zero-order valence-electron chi connectivity index (χ0n) is 40.0. The molecule has 0 spiro atoms. The second kappa shape index (κ2) is 23.0. The van der Waals surface area contributed by atoms with E-state index in [1.807, 2.05) is 93.2 Å². The van der Waals surface area contributed by atoms with Gasteiger partial charge >= 0.3 is 0 Å². The highest BCUT2D eigenvalue weighted by molar-refractivity contribution is 7.15. The Balaban J connectivity index is 0.797. The van der Waals surface area contributed by atoms with E-state index in [1.165, 1.54) is 4.90 Å². The quantitative estimate of drug-likeness (QED) is 0.0706. The van der Waals surface area contributed by atoms with E-state index < -0.39 is 41.5 Å². The van der Waals surface area contributed by atoms with Gasteiger partial charge in [-0.2, -0.15) is 0 Å². The normalized spacial score (nSPS) is 17.1. The fourth-order valence-electron chi connectivity index (χ4n) is 8.23. The van der Waals surface area contributed by atoms with Crippen LogP contribution in [0.2, 0.25) is 5.02 Å². The number of nitrogens with one attached hydrogen (secondary N) is 3. The molecule has 4 atom stereocenters. The van der Waals surface area contributed by atoms with Crippen molar-refractivity contribution in [1.29, 1.82) is 0 Å². The fraction of sp³-hybridized carbons (Fsp3) is 0.469. The maximum Gasteiger partial charge on any atom is 0.246 e. The lowest BCUT2D eigenvalue weighted by Gasteiger charge is -2.35. The van der Waals surface area contributed by atoms with Crippen LogP contribution in [-0.2, 0) is 39.9 Å². The van der Waals surface area contributed by atoms with Crippen molar-refractivity contribution in [2.24, 2.45) is 10.4 Å². The zero-order valence-corrected chi connectivity index (χ0v) is 42.4. The van der Waals surface area contributed by atoms with Gasteiger partial charge in [0.25, 0.3) is 0 Å². The Morgan fingerprint density at radius 2 is 1.57 bits per heavy atom. The molecular formula is C49H60ClN9O8S2. The Morgan fingerprint density at radius 3 is 2.25 bits per heavy atom. The SMILES string of the molecule is Cc1ncsc1-c1ccc(CNC(=O)[C@@H]2C[C@H](O)CN2C(=O)[C@@H](NC(=O)COCCOCCOCCNC(=O)C[C@H]2N=C(c3ccc(Cl)cc3)c3c(sc(C)c3C)-n3c(C)nnc32)C(C)(C)C)cc1. The summed E-state index contributed by atoms with van der Waals surface area (Å²) in [7, 11) is 0. The molecular weight excluding hydrogens is 942 g/mol. The molecule has 5 heterocycles. The van der Waals surface area contributed by atoms with E-state index in [2.05, 4.69) is 45.0 Å². The second-order valence-electron chi connectivity index (χ2n) is 18.2. The number of hydrogen-bond acceptors (Lipinski definition) is 14. The second-order valence-corrected chi connectivity index (χ2v) is 20.7. The zero-order chi connectivity index (χ0) is 49.4. The first kappa shape index (κ1) is 51.4. The molecule has 20 heteroatoms. The van der Waals surface area contributed by atoms with Gasteiger partial charge in [0.05, 0.1) is 67.4 Å². The third kappa shape index (κ3) is 12.7. The molecule has 7 rings (SSSR count). The summed E-state index contributed by atoms with van der Waals surface area (Å²) in [4.78, 5) is 66.8. The van der Waals surface area contributed by atoms with Crippen molar-refractivity contribution in [3.63, 3.8) is 0 Å². The van der Waals surface area contributed by atoms with Gasteiger partial charge in [-0.15, -0.1) is 32.9 Å². The lowest BCUT2D eigenvalue weighted by Crippen LogP contribution is -2.58. The lowest BCUT2D eigenvalue weighted by atomic mass is 9.85. The molecule has 0 aliphatic carbocycles. The maximum absolute atomic E-state index is 14.0. The summed E-state index contributed by atoms with van der Waals surface area (Å²) in [6.45, 7) is 14.8. The summed E-state index contributed by atoms with van der Waals surface area (Å²) < 4.78 is 18.8. The predicted octanol–water partition coefficient (Wildman–Crippen LogP) is 5.60. The lowest BCUT2D eigenvalue weighted by molar-refractivity contribution is -0.144. The Kier molecular flexibility index (Phi) is 17.2. The fourth-order valence-corrected chi connectivity index (χ4v) is 10.4. The molecule has 0 radical (unpaired) electrons. The topological polar surface area (TPSA) is 211 Å². The van der Waals surface area contributed by atoms with Crippen LogP contribution in [0.5, 0.6) is 0 Å². The van der Waals surface area contributed by atoms with Gasteiger partial charge in [0.1, 0.15) is 35.6 Å².